The Morgan fingerprint density at radius 2 is 2.00 bits per heavy atom. The zero-order valence-corrected chi connectivity index (χ0v) is 11.5. The number of aromatic nitrogens is 1. The third-order valence-corrected chi connectivity index (χ3v) is 4.36. The summed E-state index contributed by atoms with van der Waals surface area (Å²) in [7, 11) is 0. The van der Waals surface area contributed by atoms with Crippen LogP contribution in [0.2, 0.25) is 0 Å². The summed E-state index contributed by atoms with van der Waals surface area (Å²) in [6.45, 7) is 4.60. The average Bonchev–Trinajstić information content (AvgIpc) is 2.48. The minimum atomic E-state index is 0.815. The lowest BCUT2D eigenvalue weighted by Crippen LogP contribution is -2.33. The van der Waals surface area contributed by atoms with E-state index in [2.05, 4.69) is 28.9 Å². The fourth-order valence-electron chi connectivity index (χ4n) is 3.05. The van der Waals surface area contributed by atoms with Crippen molar-refractivity contribution in [3.05, 3.63) is 30.6 Å². The van der Waals surface area contributed by atoms with Gasteiger partial charge in [-0.05, 0) is 37.0 Å². The van der Waals surface area contributed by atoms with E-state index in [-0.39, 0.29) is 0 Å². The lowest BCUT2D eigenvalue weighted by Gasteiger charge is -2.34. The van der Waals surface area contributed by atoms with Crippen molar-refractivity contribution in [3.63, 3.8) is 0 Å². The first-order valence-electron chi connectivity index (χ1n) is 7.16. The number of nitrogens with zero attached hydrogens (tertiary/aromatic N) is 2. The molecule has 3 nitrogen and oxygen atoms in total. The van der Waals surface area contributed by atoms with Crippen LogP contribution in [0.15, 0.2) is 30.6 Å². The lowest BCUT2D eigenvalue weighted by molar-refractivity contribution is 0.395. The summed E-state index contributed by atoms with van der Waals surface area (Å²) in [5.41, 5.74) is 8.16. The van der Waals surface area contributed by atoms with Gasteiger partial charge in [-0.2, -0.15) is 0 Å². The molecule has 0 amide bonds. The van der Waals surface area contributed by atoms with Crippen LogP contribution in [0.25, 0.3) is 10.8 Å². The average molecular weight is 255 g/mol. The number of fused-ring (bicyclic) bond motifs is 1. The molecular formula is C16H21N3. The molecule has 100 valence electrons. The molecule has 2 heterocycles. The maximum Gasteiger partial charge on any atom is 0.0448 e. The second-order valence-corrected chi connectivity index (χ2v) is 5.43. The predicted molar refractivity (Wildman–Crippen MR) is 81.4 cm³/mol. The van der Waals surface area contributed by atoms with Crippen molar-refractivity contribution in [2.24, 2.45) is 5.92 Å². The molecule has 2 aromatic rings. The van der Waals surface area contributed by atoms with Crippen LogP contribution in [-0.2, 0) is 0 Å². The molecular weight excluding hydrogens is 234 g/mol. The topological polar surface area (TPSA) is 42.1 Å². The molecule has 0 unspecified atom stereocenters. The van der Waals surface area contributed by atoms with E-state index in [1.165, 1.54) is 30.3 Å². The van der Waals surface area contributed by atoms with E-state index >= 15 is 0 Å². The second kappa shape index (κ2) is 5.08. The fraction of sp³-hybridized carbons (Fsp3) is 0.438. The Balaban J connectivity index is 1.95. The monoisotopic (exact) mass is 255 g/mol. The fourth-order valence-corrected chi connectivity index (χ4v) is 3.05. The van der Waals surface area contributed by atoms with Gasteiger partial charge in [0.1, 0.15) is 0 Å². The summed E-state index contributed by atoms with van der Waals surface area (Å²) in [6.07, 6.45) is 7.62. The molecule has 1 saturated heterocycles. The molecule has 1 fully saturated rings. The third kappa shape index (κ3) is 2.25. The van der Waals surface area contributed by atoms with Crippen molar-refractivity contribution in [2.75, 3.05) is 23.7 Å². The molecule has 3 rings (SSSR count). The molecule has 3 heteroatoms. The second-order valence-electron chi connectivity index (χ2n) is 5.43. The number of nitrogens with two attached hydrogens (primary N) is 1. The van der Waals surface area contributed by atoms with Crippen molar-refractivity contribution in [1.82, 2.24) is 4.98 Å². The number of pyridine rings is 1. The van der Waals surface area contributed by atoms with Gasteiger partial charge >= 0.3 is 0 Å². The minimum Gasteiger partial charge on any atom is -0.398 e. The third-order valence-electron chi connectivity index (χ3n) is 4.36. The maximum absolute atomic E-state index is 6.04. The van der Waals surface area contributed by atoms with Crippen molar-refractivity contribution >= 4 is 22.1 Å². The van der Waals surface area contributed by atoms with Crippen LogP contribution in [0.4, 0.5) is 11.4 Å². The number of rotatable bonds is 2. The predicted octanol–water partition coefficient (Wildman–Crippen LogP) is 3.44. The largest absolute Gasteiger partial charge is 0.398 e. The van der Waals surface area contributed by atoms with Gasteiger partial charge in [0.25, 0.3) is 0 Å². The number of anilines is 2. The molecule has 1 aromatic heterocycles. The summed E-state index contributed by atoms with van der Waals surface area (Å²) in [6, 6.07) is 6.24. The zero-order valence-electron chi connectivity index (χ0n) is 11.5. The smallest absolute Gasteiger partial charge is 0.0448 e. The Morgan fingerprint density at radius 3 is 2.74 bits per heavy atom. The van der Waals surface area contributed by atoms with Crippen molar-refractivity contribution < 1.29 is 0 Å². The van der Waals surface area contributed by atoms with Gasteiger partial charge in [-0.1, -0.05) is 13.3 Å². The Hall–Kier alpha value is -1.77. The van der Waals surface area contributed by atoms with Crippen molar-refractivity contribution in [2.45, 2.75) is 26.2 Å². The van der Waals surface area contributed by atoms with Crippen LogP contribution in [-0.4, -0.2) is 18.1 Å². The van der Waals surface area contributed by atoms with Crippen LogP contribution in [0.1, 0.15) is 26.2 Å². The van der Waals surface area contributed by atoms with Crippen molar-refractivity contribution in [3.8, 4) is 0 Å². The van der Waals surface area contributed by atoms with Gasteiger partial charge in [0.15, 0.2) is 0 Å². The summed E-state index contributed by atoms with van der Waals surface area (Å²) >= 11 is 0. The SMILES string of the molecule is CCC1CCN(c2ccc(N)c3cnccc23)CC1. The van der Waals surface area contributed by atoms with E-state index in [0.717, 1.165) is 30.1 Å². The highest BCUT2D eigenvalue weighted by Gasteiger charge is 2.19. The summed E-state index contributed by atoms with van der Waals surface area (Å²) in [5, 5.41) is 2.29. The highest BCUT2D eigenvalue weighted by atomic mass is 15.1. The number of hydrogen-bond acceptors (Lipinski definition) is 3. The van der Waals surface area contributed by atoms with E-state index in [0.29, 0.717) is 0 Å². The highest BCUT2D eigenvalue weighted by Crippen LogP contribution is 2.33. The molecule has 0 radical (unpaired) electrons. The molecule has 1 aliphatic heterocycles. The van der Waals surface area contributed by atoms with E-state index in [1.807, 2.05) is 18.5 Å². The van der Waals surface area contributed by atoms with Gasteiger partial charge in [0, 0.05) is 47.6 Å². The number of hydrogen-bond donors (Lipinski definition) is 1. The normalized spacial score (nSPS) is 17.0. The van der Waals surface area contributed by atoms with Crippen molar-refractivity contribution in [1.29, 1.82) is 0 Å². The Bertz CT molecular complexity index is 571. The maximum atomic E-state index is 6.04. The van der Waals surface area contributed by atoms with Crippen LogP contribution in [0.3, 0.4) is 0 Å². The van der Waals surface area contributed by atoms with E-state index in [4.69, 9.17) is 5.73 Å². The van der Waals surface area contributed by atoms with Gasteiger partial charge in [-0.3, -0.25) is 4.98 Å². The Kier molecular flexibility index (Phi) is 3.28. The highest BCUT2D eigenvalue weighted by molar-refractivity contribution is 6.00. The van der Waals surface area contributed by atoms with Gasteiger partial charge in [0.2, 0.25) is 0 Å². The van der Waals surface area contributed by atoms with Crippen LogP contribution in [0.5, 0.6) is 0 Å². The van der Waals surface area contributed by atoms with Gasteiger partial charge in [-0.25, -0.2) is 0 Å². The number of piperidine rings is 1. The summed E-state index contributed by atoms with van der Waals surface area (Å²) in [5.74, 6) is 0.901. The first-order valence-corrected chi connectivity index (χ1v) is 7.16. The number of nitrogen functional groups attached to an aromatic ring is 1. The molecule has 0 spiro atoms. The number of benzene rings is 1. The van der Waals surface area contributed by atoms with Crippen LogP contribution in [0, 0.1) is 5.92 Å². The molecule has 19 heavy (non-hydrogen) atoms. The zero-order chi connectivity index (χ0) is 13.2. The van der Waals surface area contributed by atoms with E-state index in [1.54, 1.807) is 0 Å². The molecule has 0 saturated carbocycles. The van der Waals surface area contributed by atoms with E-state index in [9.17, 15) is 0 Å². The summed E-state index contributed by atoms with van der Waals surface area (Å²) in [4.78, 5) is 6.68. The van der Waals surface area contributed by atoms with Crippen LogP contribution >= 0.6 is 0 Å². The molecule has 1 aromatic carbocycles. The van der Waals surface area contributed by atoms with E-state index < -0.39 is 0 Å². The van der Waals surface area contributed by atoms with Crippen LogP contribution < -0.4 is 10.6 Å². The summed E-state index contributed by atoms with van der Waals surface area (Å²) < 4.78 is 0. The van der Waals surface area contributed by atoms with Gasteiger partial charge in [-0.15, -0.1) is 0 Å². The molecule has 1 aliphatic rings. The Morgan fingerprint density at radius 1 is 1.21 bits per heavy atom. The quantitative estimate of drug-likeness (QED) is 0.836. The van der Waals surface area contributed by atoms with Gasteiger partial charge < -0.3 is 10.6 Å². The molecule has 0 aliphatic carbocycles. The standard InChI is InChI=1S/C16H21N3/c1-2-12-6-9-19(10-7-12)16-4-3-15(17)14-11-18-8-5-13(14)16/h3-5,8,11-12H,2,6-7,9-10,17H2,1H3. The Labute approximate surface area is 114 Å². The first-order chi connectivity index (χ1) is 9.29. The molecule has 0 atom stereocenters. The minimum absolute atomic E-state index is 0.815. The van der Waals surface area contributed by atoms with Gasteiger partial charge in [0.05, 0.1) is 0 Å². The lowest BCUT2D eigenvalue weighted by atomic mass is 9.93. The molecule has 0 bridgehead atoms. The molecule has 2 N–H and O–H groups in total. The first kappa shape index (κ1) is 12.3.